The van der Waals surface area contributed by atoms with Crippen LogP contribution < -0.4 is 5.43 Å². The summed E-state index contributed by atoms with van der Waals surface area (Å²) in [5.41, 5.74) is 1.37. The average molecular weight is 309 g/mol. The van der Waals surface area contributed by atoms with Crippen molar-refractivity contribution in [2.75, 3.05) is 32.7 Å². The molecule has 0 radical (unpaired) electrons. The summed E-state index contributed by atoms with van der Waals surface area (Å²) in [5, 5.41) is 10.2. The molecular weight excluding hydrogens is 278 g/mol. The lowest BCUT2D eigenvalue weighted by Gasteiger charge is -2.25. The molecule has 0 aromatic carbocycles. The van der Waals surface area contributed by atoms with E-state index in [0.29, 0.717) is 6.54 Å². The van der Waals surface area contributed by atoms with Gasteiger partial charge in [-0.25, -0.2) is 0 Å². The van der Waals surface area contributed by atoms with Gasteiger partial charge in [0.05, 0.1) is 5.69 Å². The monoisotopic (exact) mass is 309 g/mol. The van der Waals surface area contributed by atoms with E-state index in [4.69, 9.17) is 0 Å². The summed E-state index contributed by atoms with van der Waals surface area (Å²) < 4.78 is 2.09. The zero-order chi connectivity index (χ0) is 16.7. The molecule has 0 atom stereocenters. The van der Waals surface area contributed by atoms with Gasteiger partial charge in [-0.15, -0.1) is 0 Å². The van der Waals surface area contributed by atoms with Gasteiger partial charge in [0.2, 0.25) is 5.43 Å². The van der Waals surface area contributed by atoms with Crippen molar-refractivity contribution < 1.29 is 5.11 Å². The lowest BCUT2D eigenvalue weighted by molar-refractivity contribution is 0.264. The number of pyridine rings is 1. The van der Waals surface area contributed by atoms with Crippen molar-refractivity contribution in [1.82, 2.24) is 14.4 Å². The molecule has 126 valence electrons. The molecule has 1 aromatic heterocycles. The van der Waals surface area contributed by atoms with Crippen molar-refractivity contribution in [1.29, 1.82) is 0 Å². The Morgan fingerprint density at radius 3 is 2.09 bits per heavy atom. The Balaban J connectivity index is 3.12. The molecule has 5 heteroatoms. The van der Waals surface area contributed by atoms with Crippen molar-refractivity contribution in [2.24, 2.45) is 0 Å². The number of hydrogen-bond acceptors (Lipinski definition) is 4. The molecule has 0 bridgehead atoms. The standard InChI is InChI=1S/C17H31N3O2/c1-6-18(7-2)10-11-20-14(5)12-16(21)17(22)15(20)13-19(8-3)9-4/h12,22H,6-11,13H2,1-5H3. The van der Waals surface area contributed by atoms with Gasteiger partial charge in [-0.1, -0.05) is 27.7 Å². The van der Waals surface area contributed by atoms with Crippen molar-refractivity contribution in [3.05, 3.63) is 27.7 Å². The van der Waals surface area contributed by atoms with Crippen molar-refractivity contribution in [3.8, 4) is 5.75 Å². The first-order valence-corrected chi connectivity index (χ1v) is 8.35. The fourth-order valence-corrected chi connectivity index (χ4v) is 2.73. The van der Waals surface area contributed by atoms with Crippen molar-refractivity contribution in [3.63, 3.8) is 0 Å². The van der Waals surface area contributed by atoms with E-state index in [1.165, 1.54) is 6.07 Å². The summed E-state index contributed by atoms with van der Waals surface area (Å²) in [7, 11) is 0. The molecule has 1 heterocycles. The van der Waals surface area contributed by atoms with Gasteiger partial charge in [0.25, 0.3) is 0 Å². The van der Waals surface area contributed by atoms with E-state index in [-0.39, 0.29) is 11.2 Å². The van der Waals surface area contributed by atoms with Gasteiger partial charge in [-0.3, -0.25) is 9.69 Å². The SMILES string of the molecule is CCN(CC)CCn1c(C)cc(=O)c(O)c1CN(CC)CC. The summed E-state index contributed by atoms with van der Waals surface area (Å²) >= 11 is 0. The van der Waals surface area contributed by atoms with Crippen LogP contribution in [0, 0.1) is 6.92 Å². The number of likely N-dealkylation sites (N-methyl/N-ethyl adjacent to an activating group) is 1. The Morgan fingerprint density at radius 2 is 1.59 bits per heavy atom. The summed E-state index contributed by atoms with van der Waals surface area (Å²) in [6, 6.07) is 1.53. The van der Waals surface area contributed by atoms with E-state index in [2.05, 4.69) is 42.1 Å². The highest BCUT2D eigenvalue weighted by molar-refractivity contribution is 5.29. The fourth-order valence-electron chi connectivity index (χ4n) is 2.73. The van der Waals surface area contributed by atoms with Gasteiger partial charge < -0.3 is 14.6 Å². The summed E-state index contributed by atoms with van der Waals surface area (Å²) in [4.78, 5) is 16.5. The number of hydrogen-bond donors (Lipinski definition) is 1. The van der Waals surface area contributed by atoms with E-state index >= 15 is 0 Å². The highest BCUT2D eigenvalue weighted by atomic mass is 16.3. The molecule has 0 aliphatic rings. The van der Waals surface area contributed by atoms with Gasteiger partial charge in [0, 0.05) is 31.4 Å². The minimum Gasteiger partial charge on any atom is -0.503 e. The minimum atomic E-state index is -0.279. The van der Waals surface area contributed by atoms with E-state index in [1.807, 2.05) is 6.92 Å². The maximum absolute atomic E-state index is 11.9. The van der Waals surface area contributed by atoms with E-state index in [9.17, 15) is 9.90 Å². The third-order valence-electron chi connectivity index (χ3n) is 4.40. The van der Waals surface area contributed by atoms with Crippen LogP contribution in [0.1, 0.15) is 39.1 Å². The third kappa shape index (κ3) is 4.58. The number of aromatic hydroxyl groups is 1. The zero-order valence-electron chi connectivity index (χ0n) is 14.7. The molecule has 0 unspecified atom stereocenters. The van der Waals surface area contributed by atoms with E-state index in [1.54, 1.807) is 0 Å². The Labute approximate surface area is 134 Å². The molecule has 0 amide bonds. The first-order valence-electron chi connectivity index (χ1n) is 8.35. The quantitative estimate of drug-likeness (QED) is 0.758. The molecule has 1 N–H and O–H groups in total. The normalized spacial score (nSPS) is 11.6. The van der Waals surface area contributed by atoms with Gasteiger partial charge in [0.1, 0.15) is 0 Å². The number of rotatable bonds is 9. The third-order valence-corrected chi connectivity index (χ3v) is 4.40. The molecule has 0 aliphatic heterocycles. The van der Waals surface area contributed by atoms with Crippen LogP contribution in [0.15, 0.2) is 10.9 Å². The molecule has 5 nitrogen and oxygen atoms in total. The summed E-state index contributed by atoms with van der Waals surface area (Å²) in [6.07, 6.45) is 0. The number of aromatic nitrogens is 1. The maximum Gasteiger partial charge on any atom is 0.223 e. The van der Waals surface area contributed by atoms with Gasteiger partial charge in [-0.05, 0) is 33.1 Å². The molecule has 0 spiro atoms. The van der Waals surface area contributed by atoms with Crippen LogP contribution in [-0.2, 0) is 13.1 Å². The van der Waals surface area contributed by atoms with Crippen molar-refractivity contribution >= 4 is 0 Å². The molecular formula is C17H31N3O2. The highest BCUT2D eigenvalue weighted by Gasteiger charge is 2.15. The second-order valence-electron chi connectivity index (χ2n) is 5.59. The predicted octanol–water partition coefficient (Wildman–Crippen LogP) is 2.05. The van der Waals surface area contributed by atoms with E-state index < -0.39 is 0 Å². The van der Waals surface area contributed by atoms with Crippen molar-refractivity contribution in [2.45, 2.75) is 47.7 Å². The lowest BCUT2D eigenvalue weighted by atomic mass is 10.2. The van der Waals surface area contributed by atoms with Crippen LogP contribution in [0.5, 0.6) is 5.75 Å². The number of nitrogens with zero attached hydrogens (tertiary/aromatic N) is 3. The lowest BCUT2D eigenvalue weighted by Crippen LogP contribution is -2.31. The Kier molecular flexibility index (Phi) is 7.62. The first-order chi connectivity index (χ1) is 10.5. The van der Waals surface area contributed by atoms with Gasteiger partial charge in [-0.2, -0.15) is 0 Å². The predicted molar refractivity (Wildman–Crippen MR) is 91.5 cm³/mol. The Morgan fingerprint density at radius 1 is 1.05 bits per heavy atom. The first kappa shape index (κ1) is 18.7. The number of aryl methyl sites for hydroxylation is 1. The summed E-state index contributed by atoms with van der Waals surface area (Å²) in [6.45, 7) is 16.5. The smallest absolute Gasteiger partial charge is 0.223 e. The second-order valence-corrected chi connectivity index (χ2v) is 5.59. The fraction of sp³-hybridized carbons (Fsp3) is 0.706. The maximum atomic E-state index is 11.9. The van der Waals surface area contributed by atoms with E-state index in [0.717, 1.165) is 50.7 Å². The van der Waals surface area contributed by atoms with Crippen LogP contribution in [0.4, 0.5) is 0 Å². The molecule has 1 rings (SSSR count). The largest absolute Gasteiger partial charge is 0.503 e. The van der Waals surface area contributed by atoms with Crippen LogP contribution in [0.25, 0.3) is 0 Å². The molecule has 0 aliphatic carbocycles. The zero-order valence-corrected chi connectivity index (χ0v) is 14.7. The second kappa shape index (κ2) is 8.96. The average Bonchev–Trinajstić information content (AvgIpc) is 2.52. The van der Waals surface area contributed by atoms with Gasteiger partial charge in [0.15, 0.2) is 5.75 Å². The molecule has 0 fully saturated rings. The van der Waals surface area contributed by atoms with Crippen LogP contribution in [0.2, 0.25) is 0 Å². The molecule has 1 aromatic rings. The summed E-state index contributed by atoms with van der Waals surface area (Å²) in [5.74, 6) is -0.1000. The highest BCUT2D eigenvalue weighted by Crippen LogP contribution is 2.17. The van der Waals surface area contributed by atoms with Crippen LogP contribution >= 0.6 is 0 Å². The van der Waals surface area contributed by atoms with Crippen LogP contribution in [-0.4, -0.2) is 52.2 Å². The van der Waals surface area contributed by atoms with Crippen LogP contribution in [0.3, 0.4) is 0 Å². The molecule has 0 saturated heterocycles. The molecule has 22 heavy (non-hydrogen) atoms. The molecule has 0 saturated carbocycles. The minimum absolute atomic E-state index is 0.1000. The Bertz CT molecular complexity index is 517. The van der Waals surface area contributed by atoms with Gasteiger partial charge >= 0.3 is 0 Å². The Hall–Kier alpha value is -1.33. The topological polar surface area (TPSA) is 48.7 Å².